The maximum absolute atomic E-state index is 5.88. The summed E-state index contributed by atoms with van der Waals surface area (Å²) in [6, 6.07) is 7.21. The SMILES string of the molecule is CCC1CCCCCN1Cc1ccc(N)c(I)c1. The van der Waals surface area contributed by atoms with Gasteiger partial charge in [0, 0.05) is 21.8 Å². The first-order valence-corrected chi connectivity index (χ1v) is 8.06. The third-order valence-electron chi connectivity index (χ3n) is 3.92. The van der Waals surface area contributed by atoms with E-state index >= 15 is 0 Å². The van der Waals surface area contributed by atoms with Crippen LogP contribution in [0.25, 0.3) is 0 Å². The molecule has 2 N–H and O–H groups in total. The number of nitrogen functional groups attached to an aromatic ring is 1. The highest BCUT2D eigenvalue weighted by Gasteiger charge is 2.19. The molecule has 18 heavy (non-hydrogen) atoms. The predicted molar refractivity (Wildman–Crippen MR) is 86.5 cm³/mol. The van der Waals surface area contributed by atoms with Crippen LogP contribution in [0.2, 0.25) is 0 Å². The second-order valence-electron chi connectivity index (χ2n) is 5.24. The second-order valence-corrected chi connectivity index (χ2v) is 6.40. The number of hydrogen-bond acceptors (Lipinski definition) is 2. The highest BCUT2D eigenvalue weighted by molar-refractivity contribution is 14.1. The number of benzene rings is 1. The van der Waals surface area contributed by atoms with E-state index in [-0.39, 0.29) is 0 Å². The molecule has 100 valence electrons. The van der Waals surface area contributed by atoms with Gasteiger partial charge in [-0.15, -0.1) is 0 Å². The lowest BCUT2D eigenvalue weighted by atomic mass is 10.1. The van der Waals surface area contributed by atoms with Crippen molar-refractivity contribution in [3.63, 3.8) is 0 Å². The van der Waals surface area contributed by atoms with Crippen molar-refractivity contribution < 1.29 is 0 Å². The van der Waals surface area contributed by atoms with Crippen molar-refractivity contribution in [3.8, 4) is 0 Å². The van der Waals surface area contributed by atoms with Crippen LogP contribution < -0.4 is 5.73 Å². The van der Waals surface area contributed by atoms with E-state index in [1.54, 1.807) is 0 Å². The minimum absolute atomic E-state index is 0.766. The summed E-state index contributed by atoms with van der Waals surface area (Å²) >= 11 is 2.32. The number of likely N-dealkylation sites (tertiary alicyclic amines) is 1. The molecule has 2 rings (SSSR count). The normalized spacial score (nSPS) is 21.8. The first-order valence-electron chi connectivity index (χ1n) is 6.98. The third kappa shape index (κ3) is 3.60. The quantitative estimate of drug-likeness (QED) is 0.653. The van der Waals surface area contributed by atoms with E-state index in [0.717, 1.165) is 18.3 Å². The van der Waals surface area contributed by atoms with Gasteiger partial charge in [0.25, 0.3) is 0 Å². The van der Waals surface area contributed by atoms with Crippen LogP contribution in [0.4, 0.5) is 5.69 Å². The Kier molecular flexibility index (Phi) is 5.30. The standard InChI is InChI=1S/C15H23IN2/c1-2-13-6-4-3-5-9-18(13)11-12-7-8-15(17)14(16)10-12/h7-8,10,13H,2-6,9,11,17H2,1H3. The lowest BCUT2D eigenvalue weighted by molar-refractivity contribution is 0.186. The summed E-state index contributed by atoms with van der Waals surface area (Å²) in [6.07, 6.45) is 6.78. The van der Waals surface area contributed by atoms with Gasteiger partial charge in [-0.2, -0.15) is 0 Å². The van der Waals surface area contributed by atoms with Gasteiger partial charge in [-0.25, -0.2) is 0 Å². The van der Waals surface area contributed by atoms with E-state index < -0.39 is 0 Å². The van der Waals surface area contributed by atoms with Crippen molar-refractivity contribution >= 4 is 28.3 Å². The van der Waals surface area contributed by atoms with Crippen LogP contribution in [0, 0.1) is 3.57 Å². The van der Waals surface area contributed by atoms with Gasteiger partial charge < -0.3 is 5.73 Å². The van der Waals surface area contributed by atoms with Crippen LogP contribution in [0.1, 0.15) is 44.6 Å². The summed E-state index contributed by atoms with van der Waals surface area (Å²) in [7, 11) is 0. The Balaban J connectivity index is 2.07. The molecule has 1 aliphatic heterocycles. The summed E-state index contributed by atoms with van der Waals surface area (Å²) in [5.74, 6) is 0. The molecule has 0 radical (unpaired) electrons. The molecule has 1 aliphatic rings. The van der Waals surface area contributed by atoms with E-state index in [0.29, 0.717) is 0 Å². The molecular weight excluding hydrogens is 335 g/mol. The average molecular weight is 358 g/mol. The van der Waals surface area contributed by atoms with Crippen LogP contribution in [0.15, 0.2) is 18.2 Å². The van der Waals surface area contributed by atoms with Crippen molar-refractivity contribution in [2.24, 2.45) is 0 Å². The zero-order chi connectivity index (χ0) is 13.0. The molecule has 1 aromatic rings. The lowest BCUT2D eigenvalue weighted by Gasteiger charge is -2.29. The summed E-state index contributed by atoms with van der Waals surface area (Å²) in [5.41, 5.74) is 8.17. The Hall–Kier alpha value is -0.290. The molecule has 1 atom stereocenters. The fourth-order valence-corrected chi connectivity index (χ4v) is 3.39. The van der Waals surface area contributed by atoms with E-state index in [1.165, 1.54) is 47.8 Å². The van der Waals surface area contributed by atoms with Crippen molar-refractivity contribution in [2.75, 3.05) is 12.3 Å². The maximum Gasteiger partial charge on any atom is 0.0449 e. The summed E-state index contributed by atoms with van der Waals surface area (Å²) in [4.78, 5) is 2.66. The van der Waals surface area contributed by atoms with Crippen LogP contribution in [-0.2, 0) is 6.54 Å². The van der Waals surface area contributed by atoms with Crippen LogP contribution in [0.5, 0.6) is 0 Å². The van der Waals surface area contributed by atoms with E-state index in [1.807, 2.05) is 6.07 Å². The monoisotopic (exact) mass is 358 g/mol. The molecule has 2 nitrogen and oxygen atoms in total. The number of anilines is 1. The first-order chi connectivity index (χ1) is 8.70. The fourth-order valence-electron chi connectivity index (χ4n) is 2.81. The minimum atomic E-state index is 0.766. The third-order valence-corrected chi connectivity index (χ3v) is 4.86. The minimum Gasteiger partial charge on any atom is -0.398 e. The number of nitrogens with two attached hydrogens (primary N) is 1. The number of halogens is 1. The molecular formula is C15H23IN2. The summed E-state index contributed by atoms with van der Waals surface area (Å²) < 4.78 is 1.17. The Labute approximate surface area is 124 Å². The molecule has 1 heterocycles. The average Bonchev–Trinajstić information content (AvgIpc) is 2.59. The van der Waals surface area contributed by atoms with Crippen molar-refractivity contribution in [1.82, 2.24) is 4.90 Å². The molecule has 0 spiro atoms. The van der Waals surface area contributed by atoms with E-state index in [2.05, 4.69) is 46.5 Å². The van der Waals surface area contributed by atoms with Gasteiger partial charge in [0.15, 0.2) is 0 Å². The topological polar surface area (TPSA) is 29.3 Å². The van der Waals surface area contributed by atoms with Crippen molar-refractivity contribution in [3.05, 3.63) is 27.3 Å². The van der Waals surface area contributed by atoms with Gasteiger partial charge in [0.05, 0.1) is 0 Å². The predicted octanol–water partition coefficient (Wildman–Crippen LogP) is 4.03. The molecule has 0 aromatic heterocycles. The maximum atomic E-state index is 5.88. The number of rotatable bonds is 3. The number of hydrogen-bond donors (Lipinski definition) is 1. The molecule has 0 bridgehead atoms. The van der Waals surface area contributed by atoms with Crippen LogP contribution >= 0.6 is 22.6 Å². The Morgan fingerprint density at radius 2 is 2.17 bits per heavy atom. The molecule has 3 heteroatoms. The van der Waals surface area contributed by atoms with Crippen LogP contribution in [-0.4, -0.2) is 17.5 Å². The molecule has 0 saturated carbocycles. The Bertz CT molecular complexity index is 392. The Morgan fingerprint density at radius 1 is 1.33 bits per heavy atom. The summed E-state index contributed by atoms with van der Waals surface area (Å²) in [5, 5.41) is 0. The zero-order valence-electron chi connectivity index (χ0n) is 11.2. The van der Waals surface area contributed by atoms with Crippen molar-refractivity contribution in [1.29, 1.82) is 0 Å². The first kappa shape index (κ1) is 14.1. The molecule has 1 saturated heterocycles. The fraction of sp³-hybridized carbons (Fsp3) is 0.600. The molecule has 1 fully saturated rings. The van der Waals surface area contributed by atoms with Gasteiger partial charge in [0.2, 0.25) is 0 Å². The molecule has 1 aromatic carbocycles. The van der Waals surface area contributed by atoms with Gasteiger partial charge in [-0.3, -0.25) is 4.90 Å². The lowest BCUT2D eigenvalue weighted by Crippen LogP contribution is -2.33. The number of nitrogens with zero attached hydrogens (tertiary/aromatic N) is 1. The molecule has 1 unspecified atom stereocenters. The van der Waals surface area contributed by atoms with Crippen LogP contribution in [0.3, 0.4) is 0 Å². The second kappa shape index (κ2) is 6.75. The molecule has 0 aliphatic carbocycles. The largest absolute Gasteiger partial charge is 0.398 e. The Morgan fingerprint density at radius 3 is 2.89 bits per heavy atom. The van der Waals surface area contributed by atoms with Gasteiger partial charge in [0.1, 0.15) is 0 Å². The van der Waals surface area contributed by atoms with Crippen molar-refractivity contribution in [2.45, 2.75) is 51.6 Å². The van der Waals surface area contributed by atoms with E-state index in [4.69, 9.17) is 5.73 Å². The van der Waals surface area contributed by atoms with E-state index in [9.17, 15) is 0 Å². The zero-order valence-corrected chi connectivity index (χ0v) is 13.3. The molecule has 0 amide bonds. The van der Waals surface area contributed by atoms with Gasteiger partial charge >= 0.3 is 0 Å². The highest BCUT2D eigenvalue weighted by Crippen LogP contribution is 2.23. The summed E-state index contributed by atoms with van der Waals surface area (Å²) in [6.45, 7) is 4.64. The van der Waals surface area contributed by atoms with Gasteiger partial charge in [-0.1, -0.05) is 25.8 Å². The smallest absolute Gasteiger partial charge is 0.0449 e. The van der Waals surface area contributed by atoms with Gasteiger partial charge in [-0.05, 0) is 66.1 Å². The highest BCUT2D eigenvalue weighted by atomic mass is 127.